The highest BCUT2D eigenvalue weighted by Gasteiger charge is 2.26. The number of imide groups is 1. The largest absolute Gasteiger partial charge is 1.00 e. The van der Waals surface area contributed by atoms with Crippen molar-refractivity contribution in [2.75, 3.05) is 49.1 Å². The minimum absolute atomic E-state index is 0. The van der Waals surface area contributed by atoms with Crippen molar-refractivity contribution in [1.82, 2.24) is 10.2 Å². The van der Waals surface area contributed by atoms with E-state index in [9.17, 15) is 14.4 Å². The summed E-state index contributed by atoms with van der Waals surface area (Å²) in [6, 6.07) is 20.0. The van der Waals surface area contributed by atoms with Crippen molar-refractivity contribution >= 4 is 51.0 Å². The lowest BCUT2D eigenvalue weighted by Crippen LogP contribution is -3.00. The van der Waals surface area contributed by atoms with Crippen molar-refractivity contribution in [2.45, 2.75) is 27.7 Å². The van der Waals surface area contributed by atoms with Crippen molar-refractivity contribution < 1.29 is 31.2 Å². The third-order valence-corrected chi connectivity index (χ3v) is 7.91. The van der Waals surface area contributed by atoms with Gasteiger partial charge in [-0.15, -0.1) is 0 Å². The van der Waals surface area contributed by atoms with Crippen LogP contribution in [0.15, 0.2) is 77.2 Å². The summed E-state index contributed by atoms with van der Waals surface area (Å²) in [4.78, 5) is 43.0. The van der Waals surface area contributed by atoms with E-state index in [1.807, 2.05) is 18.2 Å². The van der Waals surface area contributed by atoms with Gasteiger partial charge in [0, 0.05) is 73.9 Å². The third kappa shape index (κ3) is 6.20. The van der Waals surface area contributed by atoms with Gasteiger partial charge >= 0.3 is 11.2 Å². The molecular formula is C34H37ClN4O4. The number of benzene rings is 3. The van der Waals surface area contributed by atoms with Crippen LogP contribution in [-0.4, -0.2) is 61.9 Å². The summed E-state index contributed by atoms with van der Waals surface area (Å²) >= 11 is 0. The fourth-order valence-corrected chi connectivity index (χ4v) is 5.66. The first-order valence-electron chi connectivity index (χ1n) is 14.6. The molecule has 0 aliphatic carbocycles. The highest BCUT2D eigenvalue weighted by atomic mass is 35.5. The number of amides is 3. The maximum Gasteiger partial charge on any atom is 0.363 e. The molecule has 0 saturated heterocycles. The molecule has 1 aliphatic rings. The second-order valence-electron chi connectivity index (χ2n) is 10.1. The molecule has 0 unspecified atom stereocenters. The molecule has 0 bridgehead atoms. The average molecular weight is 601 g/mol. The Balaban J connectivity index is 0.00000423. The van der Waals surface area contributed by atoms with Crippen molar-refractivity contribution in [3.63, 3.8) is 0 Å². The fraction of sp³-hybridized carbons (Fsp3) is 0.294. The van der Waals surface area contributed by atoms with Gasteiger partial charge in [-0.1, -0.05) is 18.2 Å². The summed E-state index contributed by atoms with van der Waals surface area (Å²) in [5.41, 5.74) is 5.84. The van der Waals surface area contributed by atoms with Crippen LogP contribution in [0.5, 0.6) is 0 Å². The molecule has 1 aromatic heterocycles. The number of nitrogens with one attached hydrogen (secondary N) is 1. The molecule has 8 nitrogen and oxygen atoms in total. The van der Waals surface area contributed by atoms with Crippen LogP contribution in [0.25, 0.3) is 33.1 Å². The highest BCUT2D eigenvalue weighted by molar-refractivity contribution is 6.14. The molecule has 0 spiro atoms. The summed E-state index contributed by atoms with van der Waals surface area (Å²) in [5, 5.41) is 4.72. The number of nitrogens with zero attached hydrogens (tertiary/aromatic N) is 3. The number of carbonyl (C=O) groups is 3. The molecule has 1 aliphatic heterocycles. The highest BCUT2D eigenvalue weighted by Crippen LogP contribution is 2.40. The predicted octanol–water partition coefficient (Wildman–Crippen LogP) is 2.89. The van der Waals surface area contributed by atoms with Crippen LogP contribution in [0, 0.1) is 0 Å². The zero-order chi connectivity index (χ0) is 29.8. The summed E-state index contributed by atoms with van der Waals surface area (Å²) in [6.45, 7) is 12.3. The van der Waals surface area contributed by atoms with E-state index in [1.165, 1.54) is 12.2 Å². The van der Waals surface area contributed by atoms with Gasteiger partial charge in [0.25, 0.3) is 17.7 Å². The first-order chi connectivity index (χ1) is 20.4. The number of halogens is 1. The minimum atomic E-state index is -0.367. The molecule has 2 heterocycles. The third-order valence-electron chi connectivity index (χ3n) is 7.91. The van der Waals surface area contributed by atoms with E-state index in [0.717, 1.165) is 75.5 Å². The lowest BCUT2D eigenvalue weighted by Gasteiger charge is -2.21. The molecular weight excluding hydrogens is 564 g/mol. The smallest absolute Gasteiger partial charge is 0.363 e. The van der Waals surface area contributed by atoms with E-state index in [4.69, 9.17) is 4.42 Å². The number of rotatable bonds is 11. The molecule has 224 valence electrons. The number of carbonyl (C=O) groups excluding carboxylic acids is 3. The second-order valence-corrected chi connectivity index (χ2v) is 10.1. The summed E-state index contributed by atoms with van der Waals surface area (Å²) in [7, 11) is 0. The van der Waals surface area contributed by atoms with Gasteiger partial charge in [0.2, 0.25) is 0 Å². The molecule has 5 rings (SSSR count). The van der Waals surface area contributed by atoms with Crippen molar-refractivity contribution in [3.8, 4) is 11.1 Å². The Hall–Kier alpha value is -4.43. The molecule has 3 aromatic carbocycles. The number of hydrogen-bond donors (Lipinski definition) is 1. The minimum Gasteiger partial charge on any atom is -1.00 e. The Kier molecular flexibility index (Phi) is 10.0. The van der Waals surface area contributed by atoms with Crippen molar-refractivity contribution in [3.05, 3.63) is 78.4 Å². The normalized spacial score (nSPS) is 12.6. The monoisotopic (exact) mass is 600 g/mol. The maximum absolute atomic E-state index is 13.5. The Morgan fingerprint density at radius 3 is 1.79 bits per heavy atom. The van der Waals surface area contributed by atoms with Crippen LogP contribution >= 0.6 is 0 Å². The van der Waals surface area contributed by atoms with Crippen LogP contribution in [0.1, 0.15) is 38.1 Å². The van der Waals surface area contributed by atoms with Crippen LogP contribution in [0.2, 0.25) is 0 Å². The van der Waals surface area contributed by atoms with Crippen LogP contribution in [0.4, 0.5) is 11.4 Å². The molecule has 4 aromatic rings. The molecule has 9 heteroatoms. The van der Waals surface area contributed by atoms with E-state index >= 15 is 0 Å². The lowest BCUT2D eigenvalue weighted by molar-refractivity contribution is -0.136. The number of fused-ring (bicyclic) bond motifs is 2. The zero-order valence-corrected chi connectivity index (χ0v) is 25.8. The van der Waals surface area contributed by atoms with Gasteiger partial charge in [-0.3, -0.25) is 19.3 Å². The van der Waals surface area contributed by atoms with Crippen molar-refractivity contribution in [2.24, 2.45) is 0 Å². The predicted molar refractivity (Wildman–Crippen MR) is 169 cm³/mol. The Morgan fingerprint density at radius 1 is 0.767 bits per heavy atom. The quantitative estimate of drug-likeness (QED) is 0.162. The number of anilines is 2. The van der Waals surface area contributed by atoms with E-state index in [-0.39, 0.29) is 43.2 Å². The van der Waals surface area contributed by atoms with Gasteiger partial charge in [0.1, 0.15) is 0 Å². The first kappa shape index (κ1) is 31.5. The Labute approximate surface area is 258 Å². The van der Waals surface area contributed by atoms with Crippen LogP contribution < -0.4 is 27.5 Å². The van der Waals surface area contributed by atoms with Crippen LogP contribution in [-0.2, 0) is 9.59 Å². The van der Waals surface area contributed by atoms with Gasteiger partial charge < -0.3 is 27.5 Å². The molecule has 0 radical (unpaired) electrons. The van der Waals surface area contributed by atoms with E-state index in [2.05, 4.69) is 79.2 Å². The Morgan fingerprint density at radius 2 is 1.28 bits per heavy atom. The zero-order valence-electron chi connectivity index (χ0n) is 25.0. The lowest BCUT2D eigenvalue weighted by atomic mass is 9.92. The molecule has 3 amide bonds. The maximum atomic E-state index is 13.5. The van der Waals surface area contributed by atoms with Gasteiger partial charge in [-0.2, -0.15) is 0 Å². The topological polar surface area (TPSA) is 84.3 Å². The molecule has 0 saturated carbocycles. The molecule has 1 N–H and O–H groups in total. The molecule has 0 atom stereocenters. The van der Waals surface area contributed by atoms with Crippen LogP contribution in [0.3, 0.4) is 0 Å². The van der Waals surface area contributed by atoms with Gasteiger partial charge in [0.15, 0.2) is 0 Å². The molecule has 43 heavy (non-hydrogen) atoms. The standard InChI is InChI=1S/C34H36N4O4.ClH/c1-5-36(6-2)23-13-15-27-29(21-23)42-30-22-24(37(7-3)8-4)14-16-28(30)33(27)25-11-9-10-12-26(25)34(41)35-19-20-38-31(39)17-18-32(38)40;/h9-18,21-22H,5-8,19-20H2,1-4H3;1H. The van der Waals surface area contributed by atoms with Crippen molar-refractivity contribution in [1.29, 1.82) is 0 Å². The summed E-state index contributed by atoms with van der Waals surface area (Å²) in [5.74, 6) is -1.01. The van der Waals surface area contributed by atoms with E-state index in [1.54, 1.807) is 6.07 Å². The fourth-order valence-electron chi connectivity index (χ4n) is 5.66. The Bertz CT molecular complexity index is 1610. The van der Waals surface area contributed by atoms with Gasteiger partial charge in [0.05, 0.1) is 22.9 Å². The summed E-state index contributed by atoms with van der Waals surface area (Å²) < 4.78 is 6.58. The number of hydrogen-bond acceptors (Lipinski definition) is 5. The SMILES string of the molecule is CCN(CC)c1ccc2c(-c3ccccc3C(=O)NCCN3C(=O)C=CC3=O)c3ccc(N(CC)CC)cc3[o+]c2c1.[Cl-]. The first-order valence-corrected chi connectivity index (χ1v) is 14.6. The van der Waals surface area contributed by atoms with E-state index < -0.39 is 0 Å². The van der Waals surface area contributed by atoms with E-state index in [0.29, 0.717) is 5.56 Å². The average Bonchev–Trinajstić information content (AvgIpc) is 3.33. The summed E-state index contributed by atoms with van der Waals surface area (Å²) in [6.07, 6.45) is 2.49. The van der Waals surface area contributed by atoms with Gasteiger partial charge in [-0.25, -0.2) is 4.42 Å². The second kappa shape index (κ2) is 13.7. The van der Waals surface area contributed by atoms with Gasteiger partial charge in [-0.05, 0) is 63.6 Å². The molecule has 0 fully saturated rings.